The number of halogens is 1. The molecule has 8 nitrogen and oxygen atoms in total. The van der Waals surface area contributed by atoms with Gasteiger partial charge in [-0.3, -0.25) is 0 Å². The van der Waals surface area contributed by atoms with Gasteiger partial charge in [0.05, 0.1) is 6.61 Å². The quantitative estimate of drug-likeness (QED) is 0.188. The molecule has 152 valence electrons. The Kier molecular flexibility index (Phi) is 8.09. The smallest absolute Gasteiger partial charge is 0.339 e. The first-order valence-electron chi connectivity index (χ1n) is 8.09. The molecule has 0 saturated heterocycles. The molecule has 0 bridgehead atoms. The second kappa shape index (κ2) is 10.3. The number of aryl methyl sites for hydroxylation is 1. The van der Waals surface area contributed by atoms with Crippen molar-refractivity contribution in [2.45, 2.75) is 23.1 Å². The molecule has 0 aromatic heterocycles. The number of rotatable bonds is 10. The highest BCUT2D eigenvalue weighted by Crippen LogP contribution is 2.28. The SMILES string of the molecule is Cc1cc(OCCCON=C(N)N)cc(OS(=O)(=O)c2cccc(SCl)c2)c1. The van der Waals surface area contributed by atoms with Crippen LogP contribution in [0.25, 0.3) is 0 Å². The van der Waals surface area contributed by atoms with Crippen LogP contribution in [0.1, 0.15) is 12.0 Å². The predicted molar refractivity (Wildman–Crippen MR) is 109 cm³/mol. The Hall–Kier alpha value is -2.30. The van der Waals surface area contributed by atoms with Gasteiger partial charge in [-0.25, -0.2) is 0 Å². The summed E-state index contributed by atoms with van der Waals surface area (Å²) < 4.78 is 35.9. The van der Waals surface area contributed by atoms with Crippen molar-refractivity contribution in [3.8, 4) is 11.5 Å². The van der Waals surface area contributed by atoms with Crippen molar-refractivity contribution < 1.29 is 22.2 Å². The highest BCUT2D eigenvalue weighted by atomic mass is 35.7. The lowest BCUT2D eigenvalue weighted by Crippen LogP contribution is -2.23. The first-order chi connectivity index (χ1) is 13.3. The lowest BCUT2D eigenvalue weighted by atomic mass is 10.2. The van der Waals surface area contributed by atoms with Gasteiger partial charge in [-0.1, -0.05) is 6.07 Å². The molecule has 0 saturated carbocycles. The van der Waals surface area contributed by atoms with E-state index in [9.17, 15) is 8.42 Å². The number of guanidine groups is 1. The summed E-state index contributed by atoms with van der Waals surface area (Å²) >= 11 is 0. The third-order valence-electron chi connectivity index (χ3n) is 3.23. The van der Waals surface area contributed by atoms with Gasteiger partial charge in [0.15, 0.2) is 0 Å². The first-order valence-corrected chi connectivity index (χ1v) is 11.1. The minimum absolute atomic E-state index is 0.0130. The van der Waals surface area contributed by atoms with E-state index >= 15 is 0 Å². The van der Waals surface area contributed by atoms with Gasteiger partial charge in [-0.2, -0.15) is 8.42 Å². The van der Waals surface area contributed by atoms with Gasteiger partial charge in [0.2, 0.25) is 5.96 Å². The molecule has 0 unspecified atom stereocenters. The van der Waals surface area contributed by atoms with Crippen LogP contribution >= 0.6 is 21.7 Å². The molecule has 28 heavy (non-hydrogen) atoms. The van der Waals surface area contributed by atoms with Crippen molar-refractivity contribution in [2.75, 3.05) is 13.2 Å². The highest BCUT2D eigenvalue weighted by molar-refractivity contribution is 8.21. The van der Waals surface area contributed by atoms with E-state index in [0.717, 1.165) is 16.5 Å². The highest BCUT2D eigenvalue weighted by Gasteiger charge is 2.18. The number of hydrogen-bond acceptors (Lipinski definition) is 7. The molecule has 0 aliphatic carbocycles. The number of oxime groups is 1. The van der Waals surface area contributed by atoms with E-state index in [0.29, 0.717) is 23.7 Å². The van der Waals surface area contributed by atoms with Crippen LogP contribution in [0.15, 0.2) is 57.4 Å². The van der Waals surface area contributed by atoms with E-state index in [1.807, 2.05) is 0 Å². The maximum absolute atomic E-state index is 12.5. The predicted octanol–water partition coefficient (Wildman–Crippen LogP) is 2.98. The Morgan fingerprint density at radius 2 is 1.89 bits per heavy atom. The summed E-state index contributed by atoms with van der Waals surface area (Å²) in [6.07, 6.45) is 0.530. The van der Waals surface area contributed by atoms with Gasteiger partial charge in [0.25, 0.3) is 0 Å². The van der Waals surface area contributed by atoms with Crippen LogP contribution in [-0.4, -0.2) is 27.6 Å². The van der Waals surface area contributed by atoms with Gasteiger partial charge in [0, 0.05) is 17.4 Å². The fourth-order valence-corrected chi connectivity index (χ4v) is 3.76. The summed E-state index contributed by atoms with van der Waals surface area (Å²) in [7, 11) is 2.60. The standard InChI is InChI=1S/C17H20ClN3O5S2/c1-12-8-13(24-6-3-7-25-21-17(19)20)10-14(9-12)26-28(22,23)16-5-2-4-15(11-16)27-18/h2,4-5,8-11H,3,6-7H2,1H3,(H4,19,20,21). The maximum atomic E-state index is 12.5. The van der Waals surface area contributed by atoms with E-state index in [2.05, 4.69) is 5.16 Å². The lowest BCUT2D eigenvalue weighted by molar-refractivity contribution is 0.127. The molecule has 0 atom stereocenters. The van der Waals surface area contributed by atoms with Gasteiger partial charge < -0.3 is 25.2 Å². The third kappa shape index (κ3) is 7.02. The fraction of sp³-hybridized carbons (Fsp3) is 0.235. The van der Waals surface area contributed by atoms with Crippen molar-refractivity contribution in [3.05, 3.63) is 48.0 Å². The zero-order valence-corrected chi connectivity index (χ0v) is 17.4. The fourth-order valence-electron chi connectivity index (χ4n) is 2.13. The number of ether oxygens (including phenoxy) is 1. The molecule has 0 heterocycles. The van der Waals surface area contributed by atoms with Crippen LogP contribution in [0.2, 0.25) is 0 Å². The average molecular weight is 446 g/mol. The Morgan fingerprint density at radius 1 is 1.14 bits per heavy atom. The molecule has 0 spiro atoms. The second-order valence-corrected chi connectivity index (χ2v) is 8.26. The summed E-state index contributed by atoms with van der Waals surface area (Å²) in [5.41, 5.74) is 11.1. The Labute approximate surface area is 172 Å². The summed E-state index contributed by atoms with van der Waals surface area (Å²) in [6, 6.07) is 11.0. The normalized spacial score (nSPS) is 10.9. The zero-order chi connectivity index (χ0) is 20.6. The van der Waals surface area contributed by atoms with E-state index in [4.69, 9.17) is 35.9 Å². The van der Waals surface area contributed by atoms with E-state index < -0.39 is 10.1 Å². The molecule has 0 fully saturated rings. The van der Waals surface area contributed by atoms with Crippen molar-refractivity contribution in [1.82, 2.24) is 0 Å². The van der Waals surface area contributed by atoms with Gasteiger partial charge in [0.1, 0.15) is 23.0 Å². The molecule has 0 amide bonds. The van der Waals surface area contributed by atoms with Crippen LogP contribution < -0.4 is 20.4 Å². The second-order valence-electron chi connectivity index (χ2n) is 5.62. The summed E-state index contributed by atoms with van der Waals surface area (Å²) in [5.74, 6) is 0.463. The number of nitrogens with zero attached hydrogens (tertiary/aromatic N) is 1. The van der Waals surface area contributed by atoms with Gasteiger partial charge in [-0.15, -0.1) is 0 Å². The molecule has 0 radical (unpaired) electrons. The first kappa shape index (κ1) is 22.0. The van der Waals surface area contributed by atoms with Crippen LogP contribution in [-0.2, 0) is 15.0 Å². The topological polar surface area (TPSA) is 126 Å². The lowest BCUT2D eigenvalue weighted by Gasteiger charge is -2.11. The zero-order valence-electron chi connectivity index (χ0n) is 15.0. The minimum Gasteiger partial charge on any atom is -0.493 e. The van der Waals surface area contributed by atoms with E-state index in [1.54, 1.807) is 31.2 Å². The largest absolute Gasteiger partial charge is 0.493 e. The Balaban J connectivity index is 2.03. The Bertz CT molecular complexity index is 934. The summed E-state index contributed by atoms with van der Waals surface area (Å²) in [6.45, 7) is 2.40. The third-order valence-corrected chi connectivity index (χ3v) is 5.44. The van der Waals surface area contributed by atoms with Crippen LogP contribution in [0.5, 0.6) is 11.5 Å². The molecule has 2 aromatic rings. The molecule has 2 aromatic carbocycles. The molecule has 2 rings (SSSR count). The van der Waals surface area contributed by atoms with E-state index in [1.165, 1.54) is 18.2 Å². The van der Waals surface area contributed by atoms with Crippen molar-refractivity contribution in [1.29, 1.82) is 0 Å². The van der Waals surface area contributed by atoms with Gasteiger partial charge >= 0.3 is 10.1 Å². The van der Waals surface area contributed by atoms with Crippen molar-refractivity contribution >= 4 is 37.7 Å². The Morgan fingerprint density at radius 3 is 2.61 bits per heavy atom. The molecule has 4 N–H and O–H groups in total. The summed E-state index contributed by atoms with van der Waals surface area (Å²) in [4.78, 5) is 5.47. The van der Waals surface area contributed by atoms with Crippen molar-refractivity contribution in [3.63, 3.8) is 0 Å². The molecule has 0 aliphatic heterocycles. The number of benzene rings is 2. The summed E-state index contributed by atoms with van der Waals surface area (Å²) in [5, 5.41) is 3.40. The molecule has 0 aliphatic rings. The van der Waals surface area contributed by atoms with Crippen molar-refractivity contribution in [2.24, 2.45) is 16.6 Å². The van der Waals surface area contributed by atoms with Crippen LogP contribution in [0.4, 0.5) is 0 Å². The molecular weight excluding hydrogens is 426 g/mol. The molecule has 11 heteroatoms. The van der Waals surface area contributed by atoms with Gasteiger partial charge in [-0.05, 0) is 69.6 Å². The molecular formula is C17H20ClN3O5S2. The van der Waals surface area contributed by atoms with Crippen LogP contribution in [0.3, 0.4) is 0 Å². The minimum atomic E-state index is -4.01. The monoisotopic (exact) mass is 445 g/mol. The van der Waals surface area contributed by atoms with E-state index in [-0.39, 0.29) is 23.2 Å². The van der Waals surface area contributed by atoms with Crippen LogP contribution in [0, 0.1) is 6.92 Å². The number of nitrogens with two attached hydrogens (primary N) is 2. The maximum Gasteiger partial charge on any atom is 0.339 e. The average Bonchev–Trinajstić information content (AvgIpc) is 2.63. The number of hydrogen-bond donors (Lipinski definition) is 2.